The number of amides is 1. The number of esters is 1. The van der Waals surface area contributed by atoms with Crippen LogP contribution in [0.25, 0.3) is 0 Å². The molecule has 0 N–H and O–H groups in total. The van der Waals surface area contributed by atoms with E-state index in [4.69, 9.17) is 9.47 Å². The summed E-state index contributed by atoms with van der Waals surface area (Å²) in [6, 6.07) is 15.2. The molecule has 0 unspecified atom stereocenters. The number of hydrogen-bond donors (Lipinski definition) is 0. The van der Waals surface area contributed by atoms with E-state index in [2.05, 4.69) is 0 Å². The van der Waals surface area contributed by atoms with Gasteiger partial charge >= 0.3 is 5.97 Å². The number of morpholine rings is 1. The minimum atomic E-state index is -0.692. The van der Waals surface area contributed by atoms with Crippen molar-refractivity contribution in [1.82, 2.24) is 4.90 Å². The molecule has 1 amide bonds. The van der Waals surface area contributed by atoms with Crippen LogP contribution in [0.15, 0.2) is 54.6 Å². The Hall–Kier alpha value is -2.99. The number of nitrogens with zero attached hydrogens (tertiary/aromatic N) is 1. The lowest BCUT2D eigenvalue weighted by Gasteiger charge is -2.35. The van der Waals surface area contributed by atoms with E-state index < -0.39 is 5.97 Å². The van der Waals surface area contributed by atoms with Gasteiger partial charge in [-0.05, 0) is 19.9 Å². The van der Waals surface area contributed by atoms with Gasteiger partial charge in [-0.15, -0.1) is 0 Å². The first kappa shape index (κ1) is 19.8. The van der Waals surface area contributed by atoms with Gasteiger partial charge in [-0.25, -0.2) is 4.79 Å². The van der Waals surface area contributed by atoms with Gasteiger partial charge in [0.15, 0.2) is 12.4 Å². The Morgan fingerprint density at radius 1 is 0.929 bits per heavy atom. The number of rotatable bonds is 5. The third kappa shape index (κ3) is 4.64. The second kappa shape index (κ2) is 8.80. The second-order valence-corrected chi connectivity index (χ2v) is 6.87. The van der Waals surface area contributed by atoms with Gasteiger partial charge in [0.25, 0.3) is 5.91 Å². The predicted molar refractivity (Wildman–Crippen MR) is 103 cm³/mol. The van der Waals surface area contributed by atoms with Crippen molar-refractivity contribution >= 4 is 17.7 Å². The summed E-state index contributed by atoms with van der Waals surface area (Å²) in [5.74, 6) is -1.24. The Bertz CT molecular complexity index is 854. The lowest BCUT2D eigenvalue weighted by Crippen LogP contribution is -2.49. The van der Waals surface area contributed by atoms with E-state index in [1.807, 2.05) is 19.9 Å². The Kier molecular flexibility index (Phi) is 6.21. The average Bonchev–Trinajstić information content (AvgIpc) is 2.71. The van der Waals surface area contributed by atoms with Gasteiger partial charge in [0.05, 0.1) is 17.8 Å². The maximum absolute atomic E-state index is 12.7. The number of benzene rings is 2. The molecular formula is C22H23NO5. The summed E-state index contributed by atoms with van der Waals surface area (Å²) in [7, 11) is 0. The van der Waals surface area contributed by atoms with E-state index in [-0.39, 0.29) is 41.6 Å². The van der Waals surface area contributed by atoms with Crippen molar-refractivity contribution in [2.45, 2.75) is 26.1 Å². The highest BCUT2D eigenvalue weighted by Crippen LogP contribution is 2.16. The van der Waals surface area contributed by atoms with E-state index in [9.17, 15) is 14.4 Å². The standard InChI is InChI=1S/C22H23NO5/c1-15-12-23(13-16(2)28-15)20(24)14-27-22(26)19-11-7-6-10-18(19)21(25)17-8-4-3-5-9-17/h3-11,15-16H,12-14H2,1-2H3/t15-,16+. The van der Waals surface area contributed by atoms with Crippen LogP contribution in [-0.2, 0) is 14.3 Å². The zero-order valence-corrected chi connectivity index (χ0v) is 16.0. The van der Waals surface area contributed by atoms with Gasteiger partial charge in [0.1, 0.15) is 0 Å². The van der Waals surface area contributed by atoms with Crippen molar-refractivity contribution in [3.8, 4) is 0 Å². The largest absolute Gasteiger partial charge is 0.452 e. The first-order valence-electron chi connectivity index (χ1n) is 9.25. The maximum Gasteiger partial charge on any atom is 0.339 e. The topological polar surface area (TPSA) is 72.9 Å². The molecule has 6 heteroatoms. The van der Waals surface area contributed by atoms with Gasteiger partial charge in [0.2, 0.25) is 0 Å². The fourth-order valence-electron chi connectivity index (χ4n) is 3.28. The van der Waals surface area contributed by atoms with Gasteiger partial charge in [-0.2, -0.15) is 0 Å². The zero-order chi connectivity index (χ0) is 20.1. The van der Waals surface area contributed by atoms with Crippen LogP contribution in [0, 0.1) is 0 Å². The predicted octanol–water partition coefficient (Wildman–Crippen LogP) is 2.71. The van der Waals surface area contributed by atoms with Crippen molar-refractivity contribution < 1.29 is 23.9 Å². The molecule has 3 rings (SSSR count). The quantitative estimate of drug-likeness (QED) is 0.588. The smallest absolute Gasteiger partial charge is 0.339 e. The molecule has 146 valence electrons. The fraction of sp³-hybridized carbons (Fsp3) is 0.318. The molecule has 0 aromatic heterocycles. The SMILES string of the molecule is C[C@@H]1CN(C(=O)COC(=O)c2ccccc2C(=O)c2ccccc2)C[C@H](C)O1. The lowest BCUT2D eigenvalue weighted by atomic mass is 9.98. The first-order chi connectivity index (χ1) is 13.5. The van der Waals surface area contributed by atoms with Gasteiger partial charge in [-0.1, -0.05) is 48.5 Å². The molecule has 0 spiro atoms. The monoisotopic (exact) mass is 381 g/mol. The molecule has 0 saturated carbocycles. The van der Waals surface area contributed by atoms with Crippen molar-refractivity contribution in [2.75, 3.05) is 19.7 Å². The molecule has 1 heterocycles. The highest BCUT2D eigenvalue weighted by molar-refractivity contribution is 6.14. The molecule has 1 aliphatic heterocycles. The van der Waals surface area contributed by atoms with E-state index in [1.54, 1.807) is 47.4 Å². The van der Waals surface area contributed by atoms with Crippen molar-refractivity contribution in [1.29, 1.82) is 0 Å². The van der Waals surface area contributed by atoms with Crippen molar-refractivity contribution in [3.05, 3.63) is 71.3 Å². The molecule has 1 aliphatic rings. The number of hydrogen-bond acceptors (Lipinski definition) is 5. The fourth-order valence-corrected chi connectivity index (χ4v) is 3.28. The van der Waals surface area contributed by atoms with Crippen LogP contribution < -0.4 is 0 Å². The van der Waals surface area contributed by atoms with E-state index >= 15 is 0 Å². The number of ether oxygens (including phenoxy) is 2. The Balaban J connectivity index is 1.68. The van der Waals surface area contributed by atoms with Gasteiger partial charge in [-0.3, -0.25) is 9.59 Å². The summed E-state index contributed by atoms with van der Waals surface area (Å²) in [6.45, 7) is 4.35. The van der Waals surface area contributed by atoms with Crippen LogP contribution in [0.2, 0.25) is 0 Å². The van der Waals surface area contributed by atoms with E-state index in [1.165, 1.54) is 6.07 Å². The van der Waals surface area contributed by atoms with Gasteiger partial charge in [0, 0.05) is 24.2 Å². The summed E-state index contributed by atoms with van der Waals surface area (Å²) in [5, 5.41) is 0. The highest BCUT2D eigenvalue weighted by Gasteiger charge is 2.27. The molecule has 2 atom stereocenters. The molecule has 0 radical (unpaired) electrons. The molecule has 0 bridgehead atoms. The maximum atomic E-state index is 12.7. The van der Waals surface area contributed by atoms with E-state index in [0.717, 1.165) is 0 Å². The molecule has 2 aromatic rings. The number of carbonyl (C=O) groups is 3. The van der Waals surface area contributed by atoms with Crippen LogP contribution in [-0.4, -0.2) is 54.5 Å². The number of carbonyl (C=O) groups excluding carboxylic acids is 3. The summed E-state index contributed by atoms with van der Waals surface area (Å²) >= 11 is 0. The summed E-state index contributed by atoms with van der Waals surface area (Å²) < 4.78 is 10.8. The normalized spacial score (nSPS) is 19.1. The molecule has 28 heavy (non-hydrogen) atoms. The Labute approximate surface area is 164 Å². The molecule has 2 aromatic carbocycles. The first-order valence-corrected chi connectivity index (χ1v) is 9.25. The molecule has 1 saturated heterocycles. The third-order valence-corrected chi connectivity index (χ3v) is 4.53. The Morgan fingerprint density at radius 3 is 2.14 bits per heavy atom. The summed E-state index contributed by atoms with van der Waals surface area (Å²) in [5.41, 5.74) is 0.878. The Morgan fingerprint density at radius 2 is 1.50 bits per heavy atom. The second-order valence-electron chi connectivity index (χ2n) is 6.87. The van der Waals surface area contributed by atoms with Gasteiger partial charge < -0.3 is 14.4 Å². The lowest BCUT2D eigenvalue weighted by molar-refractivity contribution is -0.146. The van der Waals surface area contributed by atoms with Crippen LogP contribution in [0.1, 0.15) is 40.1 Å². The van der Waals surface area contributed by atoms with E-state index in [0.29, 0.717) is 18.7 Å². The molecule has 6 nitrogen and oxygen atoms in total. The third-order valence-electron chi connectivity index (χ3n) is 4.53. The zero-order valence-electron chi connectivity index (χ0n) is 16.0. The van der Waals surface area contributed by atoms with Crippen molar-refractivity contribution in [2.24, 2.45) is 0 Å². The summed E-state index contributed by atoms with van der Waals surface area (Å²) in [6.07, 6.45) is -0.125. The molecule has 0 aliphatic carbocycles. The highest BCUT2D eigenvalue weighted by atomic mass is 16.5. The molecule has 1 fully saturated rings. The summed E-state index contributed by atoms with van der Waals surface area (Å²) in [4.78, 5) is 39.3. The number of ketones is 1. The van der Waals surface area contributed by atoms with Crippen molar-refractivity contribution in [3.63, 3.8) is 0 Å². The minimum Gasteiger partial charge on any atom is -0.452 e. The molecular weight excluding hydrogens is 358 g/mol. The van der Waals surface area contributed by atoms with Crippen LogP contribution in [0.5, 0.6) is 0 Å². The van der Waals surface area contributed by atoms with Crippen LogP contribution in [0.3, 0.4) is 0 Å². The van der Waals surface area contributed by atoms with Crippen LogP contribution >= 0.6 is 0 Å². The minimum absolute atomic E-state index is 0.0624. The van der Waals surface area contributed by atoms with Crippen LogP contribution in [0.4, 0.5) is 0 Å². The average molecular weight is 381 g/mol.